The van der Waals surface area contributed by atoms with Gasteiger partial charge in [-0.05, 0) is 98.8 Å². The molecule has 0 bridgehead atoms. The molecule has 1 aromatic heterocycles. The van der Waals surface area contributed by atoms with E-state index in [4.69, 9.17) is 19.7 Å². The average Bonchev–Trinajstić information content (AvgIpc) is 3.55. The summed E-state index contributed by atoms with van der Waals surface area (Å²) in [4.78, 5) is 15.2. The molecular weight excluding hydrogens is 685 g/mol. The fourth-order valence-corrected chi connectivity index (χ4v) is 8.64. The molecule has 1 atom stereocenters. The molecule has 1 aliphatic heterocycles. The minimum absolute atomic E-state index is 0.589. The van der Waals surface area contributed by atoms with Gasteiger partial charge >= 0.3 is 0 Å². The van der Waals surface area contributed by atoms with Gasteiger partial charge in [0.05, 0.1) is 17.0 Å². The van der Waals surface area contributed by atoms with Crippen molar-refractivity contribution in [2.45, 2.75) is 5.41 Å². The van der Waals surface area contributed by atoms with Gasteiger partial charge in [0.2, 0.25) is 0 Å². The van der Waals surface area contributed by atoms with Gasteiger partial charge in [-0.1, -0.05) is 127 Å². The number of rotatable bonds is 4. The molecule has 0 saturated heterocycles. The van der Waals surface area contributed by atoms with Gasteiger partial charge in [-0.3, -0.25) is 0 Å². The Balaban J connectivity index is 1.17. The first kappa shape index (κ1) is 31.8. The molecule has 11 rings (SSSR count). The van der Waals surface area contributed by atoms with Crippen molar-refractivity contribution in [3.63, 3.8) is 0 Å². The Morgan fingerprint density at radius 3 is 1.70 bits per heavy atom. The monoisotopic (exact) mass is 714 g/mol. The predicted octanol–water partition coefficient (Wildman–Crippen LogP) is 12.0. The van der Waals surface area contributed by atoms with Crippen LogP contribution in [0.15, 0.2) is 182 Å². The molecule has 0 saturated carbocycles. The second-order valence-electron chi connectivity index (χ2n) is 14.3. The van der Waals surface area contributed by atoms with Crippen molar-refractivity contribution in [1.82, 2.24) is 15.0 Å². The topological polar surface area (TPSA) is 71.7 Å². The summed E-state index contributed by atoms with van der Waals surface area (Å²) >= 11 is 0. The number of nitriles is 1. The van der Waals surface area contributed by atoms with E-state index in [-0.39, 0.29) is 0 Å². The molecule has 260 valence electrons. The van der Waals surface area contributed by atoms with Crippen molar-refractivity contribution in [3.8, 4) is 74.0 Å². The minimum atomic E-state index is -0.692. The lowest BCUT2D eigenvalue weighted by molar-refractivity contribution is 0.436. The zero-order valence-electron chi connectivity index (χ0n) is 30.0. The Hall–Kier alpha value is -7.68. The molecule has 5 nitrogen and oxygen atoms in total. The summed E-state index contributed by atoms with van der Waals surface area (Å²) in [5, 5.41) is 11.7. The summed E-state index contributed by atoms with van der Waals surface area (Å²) in [5.74, 6) is 3.45. The van der Waals surface area contributed by atoms with Crippen LogP contribution in [0.25, 0.3) is 67.2 Å². The molecule has 1 unspecified atom stereocenters. The van der Waals surface area contributed by atoms with Crippen LogP contribution in [0.2, 0.25) is 0 Å². The molecule has 1 spiro atoms. The van der Waals surface area contributed by atoms with Gasteiger partial charge in [-0.25, -0.2) is 15.0 Å². The number of nitrogens with zero attached hydrogens (tertiary/aromatic N) is 4. The van der Waals surface area contributed by atoms with Gasteiger partial charge in [0.1, 0.15) is 11.5 Å². The van der Waals surface area contributed by atoms with E-state index < -0.39 is 5.41 Å². The summed E-state index contributed by atoms with van der Waals surface area (Å²) < 4.78 is 6.78. The molecule has 2 aliphatic rings. The first-order valence-corrected chi connectivity index (χ1v) is 18.7. The molecule has 5 heteroatoms. The highest BCUT2D eigenvalue weighted by atomic mass is 16.5. The second kappa shape index (κ2) is 12.4. The van der Waals surface area contributed by atoms with Crippen molar-refractivity contribution in [1.29, 1.82) is 5.26 Å². The molecule has 9 aromatic rings. The first-order valence-electron chi connectivity index (χ1n) is 18.7. The lowest BCUT2D eigenvalue weighted by Crippen LogP contribution is -2.32. The Bertz CT molecular complexity index is 3000. The number of ether oxygens (including phenoxy) is 1. The van der Waals surface area contributed by atoms with E-state index in [1.54, 1.807) is 0 Å². The maximum Gasteiger partial charge on any atom is 0.164 e. The van der Waals surface area contributed by atoms with Gasteiger partial charge in [0.25, 0.3) is 0 Å². The fourth-order valence-electron chi connectivity index (χ4n) is 8.64. The van der Waals surface area contributed by atoms with Crippen molar-refractivity contribution < 1.29 is 4.74 Å². The summed E-state index contributed by atoms with van der Waals surface area (Å²) in [7, 11) is 0. The van der Waals surface area contributed by atoms with Crippen molar-refractivity contribution >= 4 is 10.8 Å². The number of aromatic nitrogens is 3. The second-order valence-corrected chi connectivity index (χ2v) is 14.3. The van der Waals surface area contributed by atoms with E-state index in [1.807, 2.05) is 91.0 Å². The molecule has 0 amide bonds. The number of para-hydroxylation sites is 1. The Labute approximate surface area is 323 Å². The van der Waals surface area contributed by atoms with Crippen LogP contribution in [-0.2, 0) is 5.41 Å². The average molecular weight is 715 g/mol. The highest BCUT2D eigenvalue weighted by Gasteiger charge is 2.51. The van der Waals surface area contributed by atoms with Crippen LogP contribution in [-0.4, -0.2) is 15.0 Å². The maximum atomic E-state index is 9.40. The van der Waals surface area contributed by atoms with Gasteiger partial charge in [0.15, 0.2) is 17.5 Å². The number of hydrogen-bond acceptors (Lipinski definition) is 5. The van der Waals surface area contributed by atoms with E-state index in [0.29, 0.717) is 23.0 Å². The Kier molecular flexibility index (Phi) is 7.07. The summed E-state index contributed by atoms with van der Waals surface area (Å²) in [6.07, 6.45) is 0. The molecule has 2 heterocycles. The lowest BCUT2D eigenvalue weighted by atomic mass is 9.65. The first-order chi connectivity index (χ1) is 27.7. The van der Waals surface area contributed by atoms with Gasteiger partial charge < -0.3 is 4.74 Å². The van der Waals surface area contributed by atoms with Crippen LogP contribution in [0.5, 0.6) is 11.5 Å². The predicted molar refractivity (Wildman–Crippen MR) is 221 cm³/mol. The van der Waals surface area contributed by atoms with Gasteiger partial charge in [-0.15, -0.1) is 0 Å². The van der Waals surface area contributed by atoms with Gasteiger partial charge in [-0.2, -0.15) is 5.26 Å². The van der Waals surface area contributed by atoms with Crippen LogP contribution >= 0.6 is 0 Å². The molecule has 0 fully saturated rings. The van der Waals surface area contributed by atoms with Gasteiger partial charge in [0, 0.05) is 27.8 Å². The Morgan fingerprint density at radius 1 is 0.393 bits per heavy atom. The van der Waals surface area contributed by atoms with Crippen LogP contribution in [0, 0.1) is 11.3 Å². The van der Waals surface area contributed by atoms with Crippen LogP contribution < -0.4 is 4.74 Å². The molecule has 8 aromatic carbocycles. The van der Waals surface area contributed by atoms with Crippen LogP contribution in [0.1, 0.15) is 27.8 Å². The van der Waals surface area contributed by atoms with Crippen molar-refractivity contribution in [3.05, 3.63) is 210 Å². The zero-order valence-corrected chi connectivity index (χ0v) is 30.0. The highest BCUT2D eigenvalue weighted by Crippen LogP contribution is 2.62. The smallest absolute Gasteiger partial charge is 0.164 e. The molecular formula is C51H30N4O. The lowest BCUT2D eigenvalue weighted by Gasteiger charge is -2.39. The number of fused-ring (bicyclic) bond motifs is 10. The maximum absolute atomic E-state index is 9.40. The zero-order chi connectivity index (χ0) is 37.2. The fraction of sp³-hybridized carbons (Fsp3) is 0.0196. The van der Waals surface area contributed by atoms with Crippen LogP contribution in [0.4, 0.5) is 0 Å². The third-order valence-corrected chi connectivity index (χ3v) is 11.2. The quantitative estimate of drug-likeness (QED) is 0.181. The largest absolute Gasteiger partial charge is 0.457 e. The minimum Gasteiger partial charge on any atom is -0.457 e. The molecule has 56 heavy (non-hydrogen) atoms. The molecule has 0 radical (unpaired) electrons. The standard InChI is InChI=1S/C51H30N4O/c52-31-32-19-21-33(22-20-32)36-23-24-37-28-41-40-15-7-8-16-42(40)51(44(41)30-39(37)27-36)43-17-9-10-18-46(43)56-47-26-25-38(29-45(47)51)50-54-48(34-11-3-1-4-12-34)53-49(55-50)35-13-5-2-6-14-35/h1-30H. The summed E-state index contributed by atoms with van der Waals surface area (Å²) in [6, 6.07) is 65.1. The highest BCUT2D eigenvalue weighted by molar-refractivity contribution is 5.98. The third kappa shape index (κ3) is 4.83. The van der Waals surface area contributed by atoms with Crippen molar-refractivity contribution in [2.75, 3.05) is 0 Å². The third-order valence-electron chi connectivity index (χ3n) is 11.2. The number of benzene rings is 8. The summed E-state index contributed by atoms with van der Waals surface area (Å²) in [6.45, 7) is 0. The van der Waals surface area contributed by atoms with E-state index in [2.05, 4.69) is 97.1 Å². The SMILES string of the molecule is N#Cc1ccc(-c2ccc3cc4c(cc3c2)C2(c3ccccc3Oc3ccc(-c5nc(-c6ccccc6)nc(-c6ccccc6)n5)cc32)c2ccccc2-4)cc1. The Morgan fingerprint density at radius 2 is 0.982 bits per heavy atom. The normalized spacial score (nSPS) is 14.6. The number of hydrogen-bond donors (Lipinski definition) is 0. The van der Waals surface area contributed by atoms with Crippen LogP contribution in [0.3, 0.4) is 0 Å². The van der Waals surface area contributed by atoms with Crippen molar-refractivity contribution in [2.24, 2.45) is 0 Å². The van der Waals surface area contributed by atoms with E-state index in [0.717, 1.165) is 61.2 Å². The van der Waals surface area contributed by atoms with E-state index in [1.165, 1.54) is 22.3 Å². The molecule has 1 aliphatic carbocycles. The molecule has 0 N–H and O–H groups in total. The van der Waals surface area contributed by atoms with E-state index >= 15 is 0 Å². The van der Waals surface area contributed by atoms with E-state index in [9.17, 15) is 5.26 Å². The summed E-state index contributed by atoms with van der Waals surface area (Å²) in [5.41, 5.74) is 11.8.